The fraction of sp³-hybridized carbons (Fsp3) is 0.0833. The Kier molecular flexibility index (Phi) is 7.55. The Morgan fingerprint density at radius 3 is 2.29 bits per heavy atom. The van der Waals surface area contributed by atoms with Crippen LogP contribution in [0.15, 0.2) is 72.3 Å². The zero-order valence-electron chi connectivity index (χ0n) is 16.6. The van der Waals surface area contributed by atoms with Crippen molar-refractivity contribution in [1.29, 1.82) is 5.26 Å². The number of nitriles is 1. The molecule has 0 spiro atoms. The molecule has 3 aromatic rings. The van der Waals surface area contributed by atoms with Gasteiger partial charge >= 0.3 is 0 Å². The largest absolute Gasteiger partial charge is 0.494 e. The number of ether oxygens (including phenoxy) is 2. The Hall–Kier alpha value is -3.46. The van der Waals surface area contributed by atoms with Crippen molar-refractivity contribution in [2.75, 3.05) is 12.4 Å². The number of amides is 1. The van der Waals surface area contributed by atoms with Gasteiger partial charge in [-0.1, -0.05) is 53.5 Å². The Labute approximate surface area is 190 Å². The van der Waals surface area contributed by atoms with Gasteiger partial charge in [0.15, 0.2) is 5.75 Å². The van der Waals surface area contributed by atoms with Crippen LogP contribution in [0.25, 0.3) is 6.08 Å². The molecule has 0 aliphatic rings. The number of carbonyl (C=O) groups excluding carboxylic acids is 1. The average molecular weight is 453 g/mol. The van der Waals surface area contributed by atoms with E-state index >= 15 is 0 Å². The highest BCUT2D eigenvalue weighted by Gasteiger charge is 2.12. The summed E-state index contributed by atoms with van der Waals surface area (Å²) in [7, 11) is 1.45. The second kappa shape index (κ2) is 10.5. The summed E-state index contributed by atoms with van der Waals surface area (Å²) in [5.41, 5.74) is 2.00. The molecule has 0 aromatic heterocycles. The Morgan fingerprint density at radius 1 is 1.06 bits per heavy atom. The van der Waals surface area contributed by atoms with Crippen molar-refractivity contribution in [3.63, 3.8) is 0 Å². The smallest absolute Gasteiger partial charge is 0.266 e. The molecule has 0 aliphatic carbocycles. The molecule has 3 rings (SSSR count). The average Bonchev–Trinajstić information content (AvgIpc) is 2.77. The minimum atomic E-state index is -0.552. The predicted molar refractivity (Wildman–Crippen MR) is 122 cm³/mol. The van der Waals surface area contributed by atoms with Crippen LogP contribution in [-0.4, -0.2) is 13.0 Å². The monoisotopic (exact) mass is 452 g/mol. The van der Waals surface area contributed by atoms with E-state index in [1.807, 2.05) is 36.4 Å². The van der Waals surface area contributed by atoms with E-state index in [1.165, 1.54) is 13.2 Å². The molecule has 31 heavy (non-hydrogen) atoms. The number of carbonyl (C=O) groups is 1. The van der Waals surface area contributed by atoms with Gasteiger partial charge in [0.05, 0.1) is 17.2 Å². The molecule has 1 amide bonds. The van der Waals surface area contributed by atoms with Crippen LogP contribution >= 0.6 is 23.2 Å². The molecule has 0 heterocycles. The molecule has 0 atom stereocenters. The quantitative estimate of drug-likeness (QED) is 0.345. The van der Waals surface area contributed by atoms with Crippen molar-refractivity contribution in [2.45, 2.75) is 6.61 Å². The third-order valence-corrected chi connectivity index (χ3v) is 4.82. The number of anilines is 1. The molecule has 0 fully saturated rings. The molecular formula is C24H18Cl2N2O3. The predicted octanol–water partition coefficient (Wildman–Crippen LogP) is 6.13. The molecule has 0 aliphatic heterocycles. The maximum Gasteiger partial charge on any atom is 0.266 e. The summed E-state index contributed by atoms with van der Waals surface area (Å²) in [5.74, 6) is 0.446. The first-order chi connectivity index (χ1) is 15.0. The van der Waals surface area contributed by atoms with Gasteiger partial charge in [-0.05, 0) is 53.6 Å². The van der Waals surface area contributed by atoms with Crippen molar-refractivity contribution in [3.05, 3.63) is 93.5 Å². The number of hydrogen-bond acceptors (Lipinski definition) is 4. The number of hydrogen-bond donors (Lipinski definition) is 1. The summed E-state index contributed by atoms with van der Waals surface area (Å²) >= 11 is 12.2. The molecule has 5 nitrogen and oxygen atoms in total. The molecule has 156 valence electrons. The maximum atomic E-state index is 12.5. The van der Waals surface area contributed by atoms with E-state index < -0.39 is 5.91 Å². The third kappa shape index (κ3) is 6.02. The van der Waals surface area contributed by atoms with Gasteiger partial charge in [-0.25, -0.2) is 0 Å². The number of methoxy groups -OCH3 is 1. The Balaban J connectivity index is 1.67. The third-order valence-electron chi connectivity index (χ3n) is 4.26. The maximum absolute atomic E-state index is 12.5. The second-order valence-electron chi connectivity index (χ2n) is 6.44. The lowest BCUT2D eigenvalue weighted by Gasteiger charge is -2.09. The van der Waals surface area contributed by atoms with Gasteiger partial charge in [0.25, 0.3) is 5.91 Å². The van der Waals surface area contributed by atoms with Crippen molar-refractivity contribution in [2.24, 2.45) is 0 Å². The zero-order chi connectivity index (χ0) is 22.2. The van der Waals surface area contributed by atoms with Crippen LogP contribution in [0.3, 0.4) is 0 Å². The number of nitrogens with zero attached hydrogens (tertiary/aromatic N) is 1. The van der Waals surface area contributed by atoms with E-state index in [2.05, 4.69) is 5.32 Å². The van der Waals surface area contributed by atoms with Crippen LogP contribution < -0.4 is 14.8 Å². The number of halogens is 2. The molecule has 3 aromatic carbocycles. The molecular weight excluding hydrogens is 435 g/mol. The molecule has 0 saturated carbocycles. The minimum absolute atomic E-state index is 0.0956. The van der Waals surface area contributed by atoms with Crippen LogP contribution in [0.2, 0.25) is 10.0 Å². The van der Waals surface area contributed by atoms with Crippen LogP contribution in [0.1, 0.15) is 11.1 Å². The van der Waals surface area contributed by atoms with Gasteiger partial charge in [-0.15, -0.1) is 0 Å². The highest BCUT2D eigenvalue weighted by Crippen LogP contribution is 2.34. The molecule has 7 heteroatoms. The van der Waals surface area contributed by atoms with Crippen molar-refractivity contribution >= 4 is 40.9 Å². The zero-order valence-corrected chi connectivity index (χ0v) is 18.1. The summed E-state index contributed by atoms with van der Waals surface area (Å²) < 4.78 is 10.8. The van der Waals surface area contributed by atoms with Gasteiger partial charge in [0, 0.05) is 5.69 Å². The SMILES string of the molecule is COc1c(Cl)cc(/C=C(\C#N)C(=O)Nc2ccc(OCc3ccccc3)cc2)cc1Cl. The van der Waals surface area contributed by atoms with Crippen LogP contribution in [0.4, 0.5) is 5.69 Å². The van der Waals surface area contributed by atoms with E-state index in [9.17, 15) is 10.1 Å². The second-order valence-corrected chi connectivity index (χ2v) is 7.25. The highest BCUT2D eigenvalue weighted by atomic mass is 35.5. The number of nitrogens with one attached hydrogen (secondary N) is 1. The summed E-state index contributed by atoms with van der Waals surface area (Å²) in [6, 6.07) is 21.7. The first-order valence-electron chi connectivity index (χ1n) is 9.23. The lowest BCUT2D eigenvalue weighted by Crippen LogP contribution is -2.13. The van der Waals surface area contributed by atoms with Crippen molar-refractivity contribution in [3.8, 4) is 17.6 Å². The van der Waals surface area contributed by atoms with Crippen molar-refractivity contribution < 1.29 is 14.3 Å². The number of benzene rings is 3. The molecule has 0 radical (unpaired) electrons. The number of rotatable bonds is 7. The Morgan fingerprint density at radius 2 is 1.71 bits per heavy atom. The summed E-state index contributed by atoms with van der Waals surface area (Å²) in [6.45, 7) is 0.445. The normalized spacial score (nSPS) is 10.8. The van der Waals surface area contributed by atoms with E-state index in [0.717, 1.165) is 5.56 Å². The Bertz CT molecular complexity index is 1110. The lowest BCUT2D eigenvalue weighted by molar-refractivity contribution is -0.112. The van der Waals surface area contributed by atoms with E-state index in [1.54, 1.807) is 36.4 Å². The van der Waals surface area contributed by atoms with E-state index in [0.29, 0.717) is 29.4 Å². The van der Waals surface area contributed by atoms with Gasteiger partial charge in [-0.2, -0.15) is 5.26 Å². The molecule has 0 saturated heterocycles. The highest BCUT2D eigenvalue weighted by molar-refractivity contribution is 6.37. The van der Waals surface area contributed by atoms with Gasteiger partial charge in [0.1, 0.15) is 24.0 Å². The van der Waals surface area contributed by atoms with Crippen molar-refractivity contribution in [1.82, 2.24) is 0 Å². The van der Waals surface area contributed by atoms with Gasteiger partial charge < -0.3 is 14.8 Å². The van der Waals surface area contributed by atoms with Gasteiger partial charge in [-0.3, -0.25) is 4.79 Å². The molecule has 0 bridgehead atoms. The van der Waals surface area contributed by atoms with E-state index in [4.69, 9.17) is 32.7 Å². The fourth-order valence-electron chi connectivity index (χ4n) is 2.75. The van der Waals surface area contributed by atoms with E-state index in [-0.39, 0.29) is 15.6 Å². The fourth-order valence-corrected chi connectivity index (χ4v) is 3.41. The standard InChI is InChI=1S/C24H18Cl2N2O3/c1-30-23-21(25)12-17(13-22(23)26)11-18(14-27)24(29)28-19-7-9-20(10-8-19)31-15-16-5-3-2-4-6-16/h2-13H,15H2,1H3,(H,28,29)/b18-11+. The topological polar surface area (TPSA) is 71.3 Å². The van der Waals surface area contributed by atoms with Crippen LogP contribution in [0, 0.1) is 11.3 Å². The van der Waals surface area contributed by atoms with Gasteiger partial charge in [0.2, 0.25) is 0 Å². The lowest BCUT2D eigenvalue weighted by atomic mass is 10.1. The summed E-state index contributed by atoms with van der Waals surface area (Å²) in [5, 5.41) is 12.7. The minimum Gasteiger partial charge on any atom is -0.494 e. The first-order valence-corrected chi connectivity index (χ1v) is 9.98. The first kappa shape index (κ1) is 22.2. The van der Waals surface area contributed by atoms with Crippen LogP contribution in [0.5, 0.6) is 11.5 Å². The van der Waals surface area contributed by atoms with Crippen LogP contribution in [-0.2, 0) is 11.4 Å². The summed E-state index contributed by atoms with van der Waals surface area (Å²) in [4.78, 5) is 12.5. The summed E-state index contributed by atoms with van der Waals surface area (Å²) in [6.07, 6.45) is 1.41. The molecule has 0 unspecified atom stereocenters. The molecule has 1 N–H and O–H groups in total.